The molecule has 0 aliphatic carbocycles. The summed E-state index contributed by atoms with van der Waals surface area (Å²) in [5, 5.41) is 17.8. The smallest absolute Gasteiger partial charge is 0.126 e. The summed E-state index contributed by atoms with van der Waals surface area (Å²) >= 11 is 0. The number of aliphatic hydroxyl groups is 2. The zero-order valence-corrected chi connectivity index (χ0v) is 6.79. The third kappa shape index (κ3) is 1.81. The van der Waals surface area contributed by atoms with Crippen molar-refractivity contribution >= 4 is 0 Å². The minimum atomic E-state index is -0.913. The van der Waals surface area contributed by atoms with Crippen LogP contribution in [-0.4, -0.2) is 16.8 Å². The summed E-state index contributed by atoms with van der Waals surface area (Å²) in [5.74, 6) is -0.302. The molecule has 1 unspecified atom stereocenters. The van der Waals surface area contributed by atoms with Crippen LogP contribution in [-0.2, 0) is 0 Å². The second-order valence-corrected chi connectivity index (χ2v) is 2.71. The Morgan fingerprint density at radius 3 is 2.67 bits per heavy atom. The quantitative estimate of drug-likeness (QED) is 0.699. The van der Waals surface area contributed by atoms with Gasteiger partial charge in [-0.05, 0) is 24.1 Å². The molecular weight excluding hydrogens is 159 g/mol. The van der Waals surface area contributed by atoms with Gasteiger partial charge in [0, 0.05) is 0 Å². The fraction of sp³-hybridized carbons (Fsp3) is 0.333. The van der Waals surface area contributed by atoms with Crippen LogP contribution < -0.4 is 0 Å². The lowest BCUT2D eigenvalue weighted by atomic mass is 10.1. The van der Waals surface area contributed by atoms with E-state index in [0.29, 0.717) is 11.1 Å². The fourth-order valence-electron chi connectivity index (χ4n) is 0.981. The molecule has 0 bridgehead atoms. The van der Waals surface area contributed by atoms with E-state index >= 15 is 0 Å². The molecule has 0 aliphatic rings. The predicted octanol–water partition coefficient (Wildman–Crippen LogP) is 1.16. The maximum Gasteiger partial charge on any atom is 0.126 e. The van der Waals surface area contributed by atoms with Crippen LogP contribution in [0, 0.1) is 12.7 Å². The van der Waals surface area contributed by atoms with Gasteiger partial charge < -0.3 is 10.2 Å². The van der Waals surface area contributed by atoms with Crippen molar-refractivity contribution in [1.29, 1.82) is 0 Å². The SMILES string of the molecule is Cc1cc(C(O)CO)ccc1F. The lowest BCUT2D eigenvalue weighted by Gasteiger charge is -2.07. The highest BCUT2D eigenvalue weighted by molar-refractivity contribution is 5.25. The molecule has 1 aromatic rings. The molecule has 0 aliphatic heterocycles. The van der Waals surface area contributed by atoms with Crippen molar-refractivity contribution in [1.82, 2.24) is 0 Å². The minimum Gasteiger partial charge on any atom is -0.393 e. The zero-order valence-electron chi connectivity index (χ0n) is 6.79. The van der Waals surface area contributed by atoms with Crippen molar-refractivity contribution in [3.63, 3.8) is 0 Å². The number of hydrogen-bond acceptors (Lipinski definition) is 2. The van der Waals surface area contributed by atoms with E-state index in [1.807, 2.05) is 0 Å². The van der Waals surface area contributed by atoms with Gasteiger partial charge in [-0.25, -0.2) is 4.39 Å². The van der Waals surface area contributed by atoms with Crippen molar-refractivity contribution < 1.29 is 14.6 Å². The maximum absolute atomic E-state index is 12.7. The maximum atomic E-state index is 12.7. The third-order valence-electron chi connectivity index (χ3n) is 1.74. The molecule has 0 fully saturated rings. The topological polar surface area (TPSA) is 40.5 Å². The highest BCUT2D eigenvalue weighted by Gasteiger charge is 2.06. The van der Waals surface area contributed by atoms with Crippen molar-refractivity contribution in [2.75, 3.05) is 6.61 Å². The molecule has 2 nitrogen and oxygen atoms in total. The Balaban J connectivity index is 2.96. The first-order chi connectivity index (χ1) is 5.65. The van der Waals surface area contributed by atoms with E-state index in [0.717, 1.165) is 0 Å². The van der Waals surface area contributed by atoms with Gasteiger partial charge >= 0.3 is 0 Å². The number of hydrogen-bond donors (Lipinski definition) is 2. The molecule has 0 heterocycles. The lowest BCUT2D eigenvalue weighted by molar-refractivity contribution is 0.0955. The molecule has 1 rings (SSSR count). The first-order valence-corrected chi connectivity index (χ1v) is 3.70. The van der Waals surface area contributed by atoms with Crippen LogP contribution in [0.25, 0.3) is 0 Å². The summed E-state index contributed by atoms with van der Waals surface area (Å²) < 4.78 is 12.7. The molecule has 0 saturated carbocycles. The fourth-order valence-corrected chi connectivity index (χ4v) is 0.981. The molecule has 3 heteroatoms. The summed E-state index contributed by atoms with van der Waals surface area (Å²) in [6, 6.07) is 4.27. The van der Waals surface area contributed by atoms with Gasteiger partial charge in [0.2, 0.25) is 0 Å². The van der Waals surface area contributed by atoms with E-state index in [1.165, 1.54) is 18.2 Å². The van der Waals surface area contributed by atoms with E-state index in [-0.39, 0.29) is 12.4 Å². The average Bonchev–Trinajstić information content (AvgIpc) is 2.08. The molecule has 0 saturated heterocycles. The Labute approximate surface area is 70.3 Å². The van der Waals surface area contributed by atoms with Crippen molar-refractivity contribution in [2.24, 2.45) is 0 Å². The highest BCUT2D eigenvalue weighted by Crippen LogP contribution is 2.15. The van der Waals surface area contributed by atoms with Crippen molar-refractivity contribution in [3.8, 4) is 0 Å². The molecule has 12 heavy (non-hydrogen) atoms. The van der Waals surface area contributed by atoms with E-state index < -0.39 is 6.10 Å². The van der Waals surface area contributed by atoms with E-state index in [4.69, 9.17) is 5.11 Å². The number of aryl methyl sites for hydroxylation is 1. The molecule has 0 aromatic heterocycles. The zero-order chi connectivity index (χ0) is 9.14. The van der Waals surface area contributed by atoms with E-state index in [9.17, 15) is 9.50 Å². The number of rotatable bonds is 2. The molecule has 0 spiro atoms. The van der Waals surface area contributed by atoms with Gasteiger partial charge in [0.1, 0.15) is 11.9 Å². The molecule has 2 N–H and O–H groups in total. The predicted molar refractivity (Wildman–Crippen MR) is 43.2 cm³/mol. The van der Waals surface area contributed by atoms with Crippen LogP contribution in [0.1, 0.15) is 17.2 Å². The Bertz CT molecular complexity index is 273. The molecule has 1 atom stereocenters. The monoisotopic (exact) mass is 170 g/mol. The van der Waals surface area contributed by atoms with Gasteiger partial charge in [0.25, 0.3) is 0 Å². The normalized spacial score (nSPS) is 13.0. The number of halogens is 1. The van der Waals surface area contributed by atoms with Crippen LogP contribution in [0.2, 0.25) is 0 Å². The highest BCUT2D eigenvalue weighted by atomic mass is 19.1. The summed E-state index contributed by atoms with van der Waals surface area (Å²) in [7, 11) is 0. The lowest BCUT2D eigenvalue weighted by Crippen LogP contribution is -2.02. The Hall–Kier alpha value is -0.930. The second kappa shape index (κ2) is 3.65. The Morgan fingerprint density at radius 2 is 2.17 bits per heavy atom. The Kier molecular flexibility index (Phi) is 2.78. The van der Waals surface area contributed by atoms with Crippen LogP contribution in [0.3, 0.4) is 0 Å². The van der Waals surface area contributed by atoms with Crippen LogP contribution in [0.4, 0.5) is 4.39 Å². The van der Waals surface area contributed by atoms with Crippen LogP contribution in [0.5, 0.6) is 0 Å². The standard InChI is InChI=1S/C9H11FO2/c1-6-4-7(9(12)5-11)2-3-8(6)10/h2-4,9,11-12H,5H2,1H3. The second-order valence-electron chi connectivity index (χ2n) is 2.71. The summed E-state index contributed by atoms with van der Waals surface area (Å²) in [5.41, 5.74) is 1.01. The van der Waals surface area contributed by atoms with Gasteiger partial charge in [0.15, 0.2) is 0 Å². The van der Waals surface area contributed by atoms with Crippen molar-refractivity contribution in [3.05, 3.63) is 35.1 Å². The Morgan fingerprint density at radius 1 is 1.50 bits per heavy atom. The summed E-state index contributed by atoms with van der Waals surface area (Å²) in [4.78, 5) is 0. The van der Waals surface area contributed by atoms with Gasteiger partial charge in [-0.15, -0.1) is 0 Å². The average molecular weight is 170 g/mol. The van der Waals surface area contributed by atoms with Gasteiger partial charge in [0.05, 0.1) is 6.61 Å². The summed E-state index contributed by atoms with van der Waals surface area (Å²) in [6.07, 6.45) is -0.913. The number of benzene rings is 1. The number of aliphatic hydroxyl groups excluding tert-OH is 2. The van der Waals surface area contributed by atoms with Crippen LogP contribution >= 0.6 is 0 Å². The first-order valence-electron chi connectivity index (χ1n) is 3.70. The minimum absolute atomic E-state index is 0.302. The molecule has 66 valence electrons. The molecule has 0 radical (unpaired) electrons. The van der Waals surface area contributed by atoms with Gasteiger partial charge in [-0.1, -0.05) is 12.1 Å². The van der Waals surface area contributed by atoms with E-state index in [1.54, 1.807) is 6.92 Å². The van der Waals surface area contributed by atoms with E-state index in [2.05, 4.69) is 0 Å². The molecule has 0 amide bonds. The first kappa shape index (κ1) is 9.16. The third-order valence-corrected chi connectivity index (χ3v) is 1.74. The van der Waals surface area contributed by atoms with Gasteiger partial charge in [-0.3, -0.25) is 0 Å². The van der Waals surface area contributed by atoms with Gasteiger partial charge in [-0.2, -0.15) is 0 Å². The summed E-state index contributed by atoms with van der Waals surface area (Å²) in [6.45, 7) is 1.27. The largest absolute Gasteiger partial charge is 0.393 e. The van der Waals surface area contributed by atoms with Crippen LogP contribution in [0.15, 0.2) is 18.2 Å². The molecular formula is C9H11FO2. The van der Waals surface area contributed by atoms with Crippen molar-refractivity contribution in [2.45, 2.75) is 13.0 Å². The molecule has 1 aromatic carbocycles.